The van der Waals surface area contributed by atoms with Crippen LogP contribution in [0.1, 0.15) is 51.9 Å². The van der Waals surface area contributed by atoms with Gasteiger partial charge in [-0.3, -0.25) is 4.79 Å². The van der Waals surface area contributed by atoms with Gasteiger partial charge in [-0.15, -0.1) is 0 Å². The molecule has 0 aromatic carbocycles. The van der Waals surface area contributed by atoms with Crippen LogP contribution in [0, 0.1) is 5.92 Å². The van der Waals surface area contributed by atoms with Crippen molar-refractivity contribution in [3.05, 3.63) is 0 Å². The Bertz CT molecular complexity index is 301. The first kappa shape index (κ1) is 16.0. The summed E-state index contributed by atoms with van der Waals surface area (Å²) in [5, 5.41) is 9.07. The summed E-state index contributed by atoms with van der Waals surface area (Å²) in [5.74, 6) is -0.397. The van der Waals surface area contributed by atoms with E-state index in [0.717, 1.165) is 32.1 Å². The van der Waals surface area contributed by atoms with Crippen LogP contribution >= 0.6 is 0 Å². The van der Waals surface area contributed by atoms with Crippen LogP contribution in [-0.4, -0.2) is 41.0 Å². The lowest BCUT2D eigenvalue weighted by molar-refractivity contribution is -0.148. The predicted octanol–water partition coefficient (Wildman–Crippen LogP) is 1.61. The Morgan fingerprint density at radius 3 is 2.68 bits per heavy atom. The molecule has 110 valence electrons. The van der Waals surface area contributed by atoms with Crippen LogP contribution < -0.4 is 5.73 Å². The highest BCUT2D eigenvalue weighted by Crippen LogP contribution is 2.22. The molecule has 0 radical (unpaired) electrons. The van der Waals surface area contributed by atoms with E-state index in [4.69, 9.17) is 10.8 Å². The smallest absolute Gasteiger partial charge is 0.326 e. The Labute approximate surface area is 115 Å². The molecule has 0 aromatic heterocycles. The maximum absolute atomic E-state index is 12.1. The molecule has 19 heavy (non-hydrogen) atoms. The molecule has 5 heteroatoms. The Balaban J connectivity index is 2.43. The minimum Gasteiger partial charge on any atom is -0.480 e. The van der Waals surface area contributed by atoms with Gasteiger partial charge in [0.2, 0.25) is 5.91 Å². The molecule has 1 aliphatic rings. The summed E-state index contributed by atoms with van der Waals surface area (Å²) >= 11 is 0. The second-order valence-electron chi connectivity index (χ2n) is 5.35. The van der Waals surface area contributed by atoms with Crippen molar-refractivity contribution >= 4 is 11.9 Å². The van der Waals surface area contributed by atoms with E-state index in [0.29, 0.717) is 31.8 Å². The molecule has 3 N–H and O–H groups in total. The quantitative estimate of drug-likeness (QED) is 0.702. The number of carbonyl (C=O) groups excluding carboxylic acids is 1. The van der Waals surface area contributed by atoms with Crippen LogP contribution in [0.2, 0.25) is 0 Å². The number of hydrogen-bond donors (Lipinski definition) is 2. The standard InChI is InChI=1S/C14H26N2O3/c1-2-4-11(8-9-15)6-7-13(17)16-10-3-5-12(16)14(18)19/h11-12H,2-10,15H2,1H3,(H,18,19)/t11?,12-/m0/s1. The minimum absolute atomic E-state index is 0.0111. The number of aliphatic carboxylic acids is 1. The van der Waals surface area contributed by atoms with E-state index in [1.165, 1.54) is 4.90 Å². The highest BCUT2D eigenvalue weighted by molar-refractivity contribution is 5.84. The van der Waals surface area contributed by atoms with Crippen molar-refractivity contribution in [1.29, 1.82) is 0 Å². The first-order chi connectivity index (χ1) is 9.10. The summed E-state index contributed by atoms with van der Waals surface area (Å²) in [5.41, 5.74) is 5.58. The van der Waals surface area contributed by atoms with Gasteiger partial charge in [0.05, 0.1) is 0 Å². The van der Waals surface area contributed by atoms with Crippen LogP contribution in [0.3, 0.4) is 0 Å². The predicted molar refractivity (Wildman–Crippen MR) is 73.7 cm³/mol. The maximum atomic E-state index is 12.1. The van der Waals surface area contributed by atoms with Gasteiger partial charge in [0.1, 0.15) is 6.04 Å². The normalized spacial score (nSPS) is 20.5. The highest BCUT2D eigenvalue weighted by atomic mass is 16.4. The molecule has 1 saturated heterocycles. The first-order valence-electron chi connectivity index (χ1n) is 7.32. The van der Waals surface area contributed by atoms with E-state index in [1.807, 2.05) is 0 Å². The maximum Gasteiger partial charge on any atom is 0.326 e. The first-order valence-corrected chi connectivity index (χ1v) is 7.32. The molecule has 1 rings (SSSR count). The lowest BCUT2D eigenvalue weighted by atomic mass is 9.94. The number of carboxylic acids is 1. The van der Waals surface area contributed by atoms with Gasteiger partial charge < -0.3 is 15.7 Å². The van der Waals surface area contributed by atoms with Crippen LogP contribution in [0.4, 0.5) is 0 Å². The monoisotopic (exact) mass is 270 g/mol. The molecular weight excluding hydrogens is 244 g/mol. The second-order valence-corrected chi connectivity index (χ2v) is 5.35. The SMILES string of the molecule is CCCC(CCN)CCC(=O)N1CCC[C@H]1C(=O)O. The molecule has 0 aliphatic carbocycles. The number of rotatable bonds is 8. The van der Waals surface area contributed by atoms with Crippen molar-refractivity contribution in [2.24, 2.45) is 11.7 Å². The van der Waals surface area contributed by atoms with Gasteiger partial charge in [-0.1, -0.05) is 19.8 Å². The fraction of sp³-hybridized carbons (Fsp3) is 0.857. The third kappa shape index (κ3) is 4.82. The minimum atomic E-state index is -0.877. The van der Waals surface area contributed by atoms with Gasteiger partial charge in [0.25, 0.3) is 0 Å². The summed E-state index contributed by atoms with van der Waals surface area (Å²) in [7, 11) is 0. The molecule has 1 fully saturated rings. The van der Waals surface area contributed by atoms with Gasteiger partial charge in [0.15, 0.2) is 0 Å². The topological polar surface area (TPSA) is 83.6 Å². The van der Waals surface area contributed by atoms with Crippen molar-refractivity contribution < 1.29 is 14.7 Å². The lowest BCUT2D eigenvalue weighted by Gasteiger charge is -2.23. The molecule has 0 bridgehead atoms. The van der Waals surface area contributed by atoms with E-state index >= 15 is 0 Å². The number of hydrogen-bond acceptors (Lipinski definition) is 3. The zero-order valence-electron chi connectivity index (χ0n) is 11.8. The summed E-state index contributed by atoms with van der Waals surface area (Å²) < 4.78 is 0. The Hall–Kier alpha value is -1.10. The molecule has 0 spiro atoms. The third-order valence-corrected chi connectivity index (χ3v) is 3.90. The number of nitrogens with zero attached hydrogens (tertiary/aromatic N) is 1. The van der Waals surface area contributed by atoms with E-state index < -0.39 is 12.0 Å². The van der Waals surface area contributed by atoms with Gasteiger partial charge in [-0.2, -0.15) is 0 Å². The number of nitrogens with two attached hydrogens (primary N) is 1. The lowest BCUT2D eigenvalue weighted by Crippen LogP contribution is -2.40. The summed E-state index contributed by atoms with van der Waals surface area (Å²) in [6, 6.07) is -0.605. The molecule has 1 amide bonds. The molecule has 0 saturated carbocycles. The van der Waals surface area contributed by atoms with Crippen molar-refractivity contribution in [2.45, 2.75) is 57.9 Å². The number of carboxylic acid groups (broad SMARTS) is 1. The van der Waals surface area contributed by atoms with Crippen molar-refractivity contribution in [3.63, 3.8) is 0 Å². The van der Waals surface area contributed by atoms with Crippen molar-refractivity contribution in [3.8, 4) is 0 Å². The van der Waals surface area contributed by atoms with E-state index in [-0.39, 0.29) is 5.91 Å². The zero-order chi connectivity index (χ0) is 14.3. The van der Waals surface area contributed by atoms with E-state index in [9.17, 15) is 9.59 Å². The van der Waals surface area contributed by atoms with Crippen LogP contribution in [-0.2, 0) is 9.59 Å². The van der Waals surface area contributed by atoms with Gasteiger partial charge >= 0.3 is 5.97 Å². The van der Waals surface area contributed by atoms with E-state index in [1.54, 1.807) is 0 Å². The molecular formula is C14H26N2O3. The molecule has 2 atom stereocenters. The fourth-order valence-electron chi connectivity index (χ4n) is 2.87. The van der Waals surface area contributed by atoms with Gasteiger partial charge in [0, 0.05) is 13.0 Å². The number of likely N-dealkylation sites (tertiary alicyclic amines) is 1. The summed E-state index contributed by atoms with van der Waals surface area (Å²) in [6.45, 7) is 3.37. The van der Waals surface area contributed by atoms with Crippen molar-refractivity contribution in [2.75, 3.05) is 13.1 Å². The van der Waals surface area contributed by atoms with Crippen LogP contribution in [0.15, 0.2) is 0 Å². The molecule has 0 aromatic rings. The number of carbonyl (C=O) groups is 2. The third-order valence-electron chi connectivity index (χ3n) is 3.90. The van der Waals surface area contributed by atoms with Gasteiger partial charge in [-0.25, -0.2) is 4.79 Å². The highest BCUT2D eigenvalue weighted by Gasteiger charge is 2.33. The zero-order valence-corrected chi connectivity index (χ0v) is 11.8. The summed E-state index contributed by atoms with van der Waals surface area (Å²) in [4.78, 5) is 24.7. The molecule has 1 unspecified atom stereocenters. The Kier molecular flexibility index (Phi) is 6.84. The van der Waals surface area contributed by atoms with E-state index in [2.05, 4.69) is 6.92 Å². The summed E-state index contributed by atoms with van der Waals surface area (Å²) in [6.07, 6.45) is 5.80. The van der Waals surface area contributed by atoms with Crippen molar-refractivity contribution in [1.82, 2.24) is 4.90 Å². The average molecular weight is 270 g/mol. The van der Waals surface area contributed by atoms with Crippen LogP contribution in [0.25, 0.3) is 0 Å². The van der Waals surface area contributed by atoms with Crippen LogP contribution in [0.5, 0.6) is 0 Å². The molecule has 5 nitrogen and oxygen atoms in total. The fourth-order valence-corrected chi connectivity index (χ4v) is 2.87. The Morgan fingerprint density at radius 1 is 1.37 bits per heavy atom. The largest absolute Gasteiger partial charge is 0.480 e. The molecule has 1 aliphatic heterocycles. The molecule has 1 heterocycles. The number of amides is 1. The average Bonchev–Trinajstić information content (AvgIpc) is 2.85. The second kappa shape index (κ2) is 8.15. The van der Waals surface area contributed by atoms with Gasteiger partial charge in [-0.05, 0) is 38.1 Å². The Morgan fingerprint density at radius 2 is 2.11 bits per heavy atom.